The van der Waals surface area contributed by atoms with Crippen molar-refractivity contribution in [1.29, 1.82) is 0 Å². The summed E-state index contributed by atoms with van der Waals surface area (Å²) < 4.78 is 5.61. The molecule has 1 heterocycles. The molecule has 7 heteroatoms. The fourth-order valence-electron chi connectivity index (χ4n) is 4.75. The maximum atomic E-state index is 12.7. The van der Waals surface area contributed by atoms with Gasteiger partial charge in [0.2, 0.25) is 5.91 Å². The molecule has 0 spiro atoms. The lowest BCUT2D eigenvalue weighted by Crippen LogP contribution is -2.55. The summed E-state index contributed by atoms with van der Waals surface area (Å²) in [5.41, 5.74) is 3.66. The van der Waals surface area contributed by atoms with E-state index >= 15 is 0 Å². The highest BCUT2D eigenvalue weighted by molar-refractivity contribution is 5.93. The van der Waals surface area contributed by atoms with Gasteiger partial charge in [-0.1, -0.05) is 25.1 Å². The van der Waals surface area contributed by atoms with E-state index in [2.05, 4.69) is 54.4 Å². The SMILES string of the molecule is CCC(Nc1ccccc1)c1cc(N2CCN(C(=O)OC(C)(C)C)C(C)C2)ccc1N(CC)C(C)=O. The maximum Gasteiger partial charge on any atom is 0.410 e. The number of amides is 2. The second-order valence-corrected chi connectivity index (χ2v) is 10.4. The van der Waals surface area contributed by atoms with Gasteiger partial charge >= 0.3 is 6.09 Å². The standard InChI is InChI=1S/C29H42N4O3/c1-8-26(30-23-13-11-10-12-14-23)25-19-24(15-16-27(25)32(9-2)22(4)34)31-17-18-33(21(3)20-31)28(35)36-29(5,6)7/h10-16,19,21,26,30H,8-9,17-18,20H2,1-7H3. The molecule has 2 unspecified atom stereocenters. The minimum absolute atomic E-state index is 0.0190. The molecule has 36 heavy (non-hydrogen) atoms. The van der Waals surface area contributed by atoms with Gasteiger partial charge in [0.1, 0.15) is 5.60 Å². The van der Waals surface area contributed by atoms with Gasteiger partial charge in [-0.3, -0.25) is 4.79 Å². The molecule has 2 amide bonds. The maximum absolute atomic E-state index is 12.7. The van der Waals surface area contributed by atoms with Gasteiger partial charge < -0.3 is 24.8 Å². The predicted molar refractivity (Wildman–Crippen MR) is 148 cm³/mol. The Bertz CT molecular complexity index is 1030. The molecule has 1 aliphatic rings. The first-order chi connectivity index (χ1) is 17.0. The van der Waals surface area contributed by atoms with Gasteiger partial charge in [-0.25, -0.2) is 4.79 Å². The van der Waals surface area contributed by atoms with Crippen LogP contribution >= 0.6 is 0 Å². The second kappa shape index (κ2) is 11.7. The highest BCUT2D eigenvalue weighted by Crippen LogP contribution is 2.35. The number of ether oxygens (including phenoxy) is 1. The summed E-state index contributed by atoms with van der Waals surface area (Å²) in [5, 5.41) is 3.66. The number of benzene rings is 2. The normalized spacial score (nSPS) is 16.9. The molecule has 1 aliphatic heterocycles. The summed E-state index contributed by atoms with van der Waals surface area (Å²) in [5.74, 6) is 0.0284. The predicted octanol–water partition coefficient (Wildman–Crippen LogP) is 6.07. The number of anilines is 3. The van der Waals surface area contributed by atoms with E-state index in [1.54, 1.807) is 6.92 Å². The Labute approximate surface area is 216 Å². The highest BCUT2D eigenvalue weighted by Gasteiger charge is 2.31. The van der Waals surface area contributed by atoms with Crippen LogP contribution in [-0.2, 0) is 9.53 Å². The number of hydrogen-bond acceptors (Lipinski definition) is 5. The lowest BCUT2D eigenvalue weighted by molar-refractivity contribution is -0.116. The van der Waals surface area contributed by atoms with E-state index in [4.69, 9.17) is 4.74 Å². The van der Waals surface area contributed by atoms with Crippen molar-refractivity contribution in [3.8, 4) is 0 Å². The smallest absolute Gasteiger partial charge is 0.410 e. The molecule has 196 valence electrons. The minimum Gasteiger partial charge on any atom is -0.444 e. The van der Waals surface area contributed by atoms with Crippen LogP contribution in [0.1, 0.15) is 66.5 Å². The van der Waals surface area contributed by atoms with Gasteiger partial charge in [0.05, 0.1) is 6.04 Å². The van der Waals surface area contributed by atoms with E-state index in [-0.39, 0.29) is 24.1 Å². The molecule has 1 saturated heterocycles. The topological polar surface area (TPSA) is 65.1 Å². The van der Waals surface area contributed by atoms with E-state index in [0.717, 1.165) is 35.6 Å². The van der Waals surface area contributed by atoms with Gasteiger partial charge in [0.15, 0.2) is 0 Å². The number of rotatable bonds is 7. The first kappa shape index (κ1) is 27.4. The zero-order valence-corrected chi connectivity index (χ0v) is 22.9. The van der Waals surface area contributed by atoms with Crippen LogP contribution in [0.25, 0.3) is 0 Å². The molecule has 2 atom stereocenters. The zero-order chi connectivity index (χ0) is 26.5. The molecule has 2 aromatic carbocycles. The lowest BCUT2D eigenvalue weighted by atomic mass is 9.99. The monoisotopic (exact) mass is 494 g/mol. The number of piperazine rings is 1. The Morgan fingerprint density at radius 1 is 1.11 bits per heavy atom. The van der Waals surface area contributed by atoms with Crippen molar-refractivity contribution in [3.63, 3.8) is 0 Å². The third-order valence-electron chi connectivity index (χ3n) is 6.52. The van der Waals surface area contributed by atoms with Gasteiger partial charge in [-0.2, -0.15) is 0 Å². The van der Waals surface area contributed by atoms with Gasteiger partial charge in [-0.15, -0.1) is 0 Å². The molecule has 2 aromatic rings. The molecule has 0 radical (unpaired) electrons. The first-order valence-electron chi connectivity index (χ1n) is 13.0. The van der Waals surface area contributed by atoms with Crippen LogP contribution < -0.4 is 15.1 Å². The third-order valence-corrected chi connectivity index (χ3v) is 6.52. The minimum atomic E-state index is -0.512. The fourth-order valence-corrected chi connectivity index (χ4v) is 4.75. The van der Waals surface area contributed by atoms with Crippen LogP contribution in [-0.4, -0.2) is 54.7 Å². The van der Waals surface area contributed by atoms with Crippen LogP contribution in [0.15, 0.2) is 48.5 Å². The van der Waals surface area contributed by atoms with Crippen LogP contribution in [0.4, 0.5) is 21.9 Å². The molecule has 3 rings (SSSR count). The summed E-state index contributed by atoms with van der Waals surface area (Å²) in [4.78, 5) is 31.1. The average molecular weight is 495 g/mol. The Morgan fingerprint density at radius 3 is 2.36 bits per heavy atom. The zero-order valence-electron chi connectivity index (χ0n) is 22.9. The van der Waals surface area contributed by atoms with E-state index < -0.39 is 5.60 Å². The number of hydrogen-bond donors (Lipinski definition) is 1. The average Bonchev–Trinajstić information content (AvgIpc) is 2.82. The summed E-state index contributed by atoms with van der Waals surface area (Å²) >= 11 is 0. The van der Waals surface area contributed by atoms with Crippen molar-refractivity contribution in [2.75, 3.05) is 41.3 Å². The number of carbonyl (C=O) groups is 2. The third kappa shape index (κ3) is 6.71. The van der Waals surface area contributed by atoms with E-state index in [9.17, 15) is 9.59 Å². The van der Waals surface area contributed by atoms with Crippen molar-refractivity contribution < 1.29 is 14.3 Å². The fraction of sp³-hybridized carbons (Fsp3) is 0.517. The summed E-state index contributed by atoms with van der Waals surface area (Å²) in [6.07, 6.45) is 0.604. The van der Waals surface area contributed by atoms with Crippen molar-refractivity contribution >= 4 is 29.1 Å². The Morgan fingerprint density at radius 2 is 1.81 bits per heavy atom. The number of nitrogens with zero attached hydrogens (tertiary/aromatic N) is 3. The van der Waals surface area contributed by atoms with Crippen LogP contribution in [0, 0.1) is 0 Å². The van der Waals surface area contributed by atoms with Crippen molar-refractivity contribution in [3.05, 3.63) is 54.1 Å². The molecule has 7 nitrogen and oxygen atoms in total. The Hall–Kier alpha value is -3.22. The van der Waals surface area contributed by atoms with E-state index in [1.165, 1.54) is 0 Å². The quantitative estimate of drug-likeness (QED) is 0.506. The molecular weight excluding hydrogens is 452 g/mol. The molecule has 1 fully saturated rings. The summed E-state index contributed by atoms with van der Waals surface area (Å²) in [6, 6.07) is 16.6. The van der Waals surface area contributed by atoms with Gasteiger partial charge in [0, 0.05) is 61.8 Å². The van der Waals surface area contributed by atoms with Crippen LogP contribution in [0.5, 0.6) is 0 Å². The van der Waals surface area contributed by atoms with Gasteiger partial charge in [0.25, 0.3) is 0 Å². The van der Waals surface area contributed by atoms with Crippen molar-refractivity contribution in [2.45, 2.75) is 72.6 Å². The molecule has 0 saturated carbocycles. The highest BCUT2D eigenvalue weighted by atomic mass is 16.6. The summed E-state index contributed by atoms with van der Waals surface area (Å²) in [7, 11) is 0. The molecule has 0 bridgehead atoms. The number of carbonyl (C=O) groups excluding carboxylic acids is 2. The van der Waals surface area contributed by atoms with Crippen molar-refractivity contribution in [2.24, 2.45) is 0 Å². The largest absolute Gasteiger partial charge is 0.444 e. The second-order valence-electron chi connectivity index (χ2n) is 10.4. The number of nitrogens with one attached hydrogen (secondary N) is 1. The molecular formula is C29H42N4O3. The summed E-state index contributed by atoms with van der Waals surface area (Å²) in [6.45, 7) is 16.1. The molecule has 1 N–H and O–H groups in total. The van der Waals surface area contributed by atoms with Gasteiger partial charge in [-0.05, 0) is 71.4 Å². The molecule has 0 aromatic heterocycles. The number of para-hydroxylation sites is 1. The Kier molecular flexibility index (Phi) is 8.88. The van der Waals surface area contributed by atoms with Crippen molar-refractivity contribution in [1.82, 2.24) is 4.90 Å². The van der Waals surface area contributed by atoms with E-state index in [0.29, 0.717) is 19.6 Å². The molecule has 0 aliphatic carbocycles. The van der Waals surface area contributed by atoms with Crippen LogP contribution in [0.3, 0.4) is 0 Å². The van der Waals surface area contributed by atoms with Crippen LogP contribution in [0.2, 0.25) is 0 Å². The Balaban J connectivity index is 1.90. The lowest BCUT2D eigenvalue weighted by Gasteiger charge is -2.41. The van der Waals surface area contributed by atoms with E-state index in [1.807, 2.05) is 55.7 Å². The first-order valence-corrected chi connectivity index (χ1v) is 13.0.